The summed E-state index contributed by atoms with van der Waals surface area (Å²) in [5, 5.41) is 15.2. The minimum absolute atomic E-state index is 0.113. The fourth-order valence-electron chi connectivity index (χ4n) is 3.42. The van der Waals surface area contributed by atoms with E-state index in [1.165, 1.54) is 24.3 Å². The molecule has 0 unspecified atom stereocenters. The first kappa shape index (κ1) is 21.3. The maximum absolute atomic E-state index is 13.4. The van der Waals surface area contributed by atoms with Crippen molar-refractivity contribution in [1.82, 2.24) is 5.01 Å². The Morgan fingerprint density at radius 1 is 0.935 bits per heavy atom. The second-order valence-electron chi connectivity index (χ2n) is 7.11. The molecular formula is C23H16BrF3N2O2. The first-order valence-electron chi connectivity index (χ1n) is 9.32. The molecule has 0 radical (unpaired) electrons. The van der Waals surface area contributed by atoms with Gasteiger partial charge in [0.15, 0.2) is 5.72 Å². The number of hydrogen-bond acceptors (Lipinski definition) is 3. The minimum Gasteiger partial charge on any atom is -0.365 e. The first-order valence-corrected chi connectivity index (χ1v) is 10.1. The Kier molecular flexibility index (Phi) is 5.45. The molecule has 31 heavy (non-hydrogen) atoms. The molecule has 0 bridgehead atoms. The average Bonchev–Trinajstić information content (AvgIpc) is 3.13. The van der Waals surface area contributed by atoms with E-state index in [1.54, 1.807) is 24.3 Å². The molecule has 0 spiro atoms. The van der Waals surface area contributed by atoms with E-state index in [2.05, 4.69) is 21.0 Å². The molecule has 1 atom stereocenters. The van der Waals surface area contributed by atoms with Gasteiger partial charge in [0, 0.05) is 15.6 Å². The van der Waals surface area contributed by atoms with Crippen molar-refractivity contribution in [3.05, 3.63) is 94.5 Å². The van der Waals surface area contributed by atoms with Gasteiger partial charge in [-0.2, -0.15) is 23.3 Å². The van der Waals surface area contributed by atoms with Crippen LogP contribution < -0.4 is 0 Å². The summed E-state index contributed by atoms with van der Waals surface area (Å²) in [7, 11) is 0. The van der Waals surface area contributed by atoms with Crippen molar-refractivity contribution in [2.24, 2.45) is 5.10 Å². The van der Waals surface area contributed by atoms with E-state index in [0.717, 1.165) is 11.1 Å². The number of amides is 1. The molecule has 0 aromatic heterocycles. The van der Waals surface area contributed by atoms with Crippen molar-refractivity contribution in [1.29, 1.82) is 0 Å². The number of alkyl halides is 3. The van der Waals surface area contributed by atoms with Gasteiger partial charge < -0.3 is 5.11 Å². The summed E-state index contributed by atoms with van der Waals surface area (Å²) in [6.07, 6.45) is -5.62. The van der Waals surface area contributed by atoms with E-state index in [1.807, 2.05) is 30.3 Å². The zero-order valence-corrected chi connectivity index (χ0v) is 17.6. The molecule has 1 heterocycles. The Morgan fingerprint density at radius 3 is 2.10 bits per heavy atom. The second kappa shape index (κ2) is 7.94. The Bertz CT molecular complexity index is 1130. The number of carbonyl (C=O) groups is 1. The Morgan fingerprint density at radius 2 is 1.52 bits per heavy atom. The summed E-state index contributed by atoms with van der Waals surface area (Å²) in [5.74, 6) is -0.829. The van der Waals surface area contributed by atoms with Crippen LogP contribution in [-0.4, -0.2) is 27.9 Å². The van der Waals surface area contributed by atoms with Gasteiger partial charge in [-0.05, 0) is 35.4 Å². The summed E-state index contributed by atoms with van der Waals surface area (Å²) >= 11 is 3.25. The van der Waals surface area contributed by atoms with Crippen LogP contribution in [0.25, 0.3) is 11.1 Å². The minimum atomic E-state index is -4.77. The smallest absolute Gasteiger partial charge is 0.365 e. The van der Waals surface area contributed by atoms with Crippen LogP contribution in [0.2, 0.25) is 0 Å². The lowest BCUT2D eigenvalue weighted by Gasteiger charge is -2.31. The SMILES string of the molecule is O=C(c1ccc(-c2ccccc2)cc1)N1N=C(C(F)(F)F)C[C@]1(O)c1ccc(Br)cc1. The van der Waals surface area contributed by atoms with E-state index in [-0.39, 0.29) is 11.1 Å². The van der Waals surface area contributed by atoms with Crippen LogP contribution in [0.15, 0.2) is 88.4 Å². The predicted octanol–water partition coefficient (Wildman–Crippen LogP) is 5.73. The van der Waals surface area contributed by atoms with Gasteiger partial charge in [-0.15, -0.1) is 0 Å². The van der Waals surface area contributed by atoms with E-state index in [4.69, 9.17) is 0 Å². The molecule has 158 valence electrons. The molecule has 1 aliphatic heterocycles. The standard InChI is InChI=1S/C23H16BrF3N2O2/c24-19-12-10-18(11-13-19)22(31)14-20(23(25,26)27)28-29(22)21(30)17-8-6-16(7-9-17)15-4-2-1-3-5-15/h1-13,31H,14H2/t22-/m0/s1. The molecule has 1 amide bonds. The maximum atomic E-state index is 13.4. The molecule has 0 aliphatic carbocycles. The highest BCUT2D eigenvalue weighted by Gasteiger charge is 2.53. The molecule has 1 N–H and O–H groups in total. The average molecular weight is 489 g/mol. The lowest BCUT2D eigenvalue weighted by atomic mass is 9.96. The number of carbonyl (C=O) groups excluding carboxylic acids is 1. The normalized spacial score (nSPS) is 18.7. The van der Waals surface area contributed by atoms with E-state index >= 15 is 0 Å². The van der Waals surface area contributed by atoms with Crippen LogP contribution in [0.1, 0.15) is 22.3 Å². The second-order valence-corrected chi connectivity index (χ2v) is 8.02. The quantitative estimate of drug-likeness (QED) is 0.512. The molecule has 1 aliphatic rings. The Hall–Kier alpha value is -2.97. The predicted molar refractivity (Wildman–Crippen MR) is 114 cm³/mol. The lowest BCUT2D eigenvalue weighted by molar-refractivity contribution is -0.0816. The lowest BCUT2D eigenvalue weighted by Crippen LogP contribution is -2.43. The third-order valence-corrected chi connectivity index (χ3v) is 5.58. The van der Waals surface area contributed by atoms with Crippen LogP contribution in [0, 0.1) is 0 Å². The zero-order chi connectivity index (χ0) is 22.2. The van der Waals surface area contributed by atoms with Gasteiger partial charge in [0.1, 0.15) is 5.71 Å². The highest BCUT2D eigenvalue weighted by Crippen LogP contribution is 2.40. The summed E-state index contributed by atoms with van der Waals surface area (Å²) in [6.45, 7) is 0. The van der Waals surface area contributed by atoms with E-state index in [9.17, 15) is 23.1 Å². The van der Waals surface area contributed by atoms with Crippen LogP contribution in [0.5, 0.6) is 0 Å². The van der Waals surface area contributed by atoms with Crippen LogP contribution >= 0.6 is 15.9 Å². The van der Waals surface area contributed by atoms with Crippen LogP contribution in [0.3, 0.4) is 0 Å². The Balaban J connectivity index is 1.71. The number of halogens is 4. The van der Waals surface area contributed by atoms with Crippen molar-refractivity contribution in [2.75, 3.05) is 0 Å². The monoisotopic (exact) mass is 488 g/mol. The molecule has 0 saturated heterocycles. The summed E-state index contributed by atoms with van der Waals surface area (Å²) < 4.78 is 40.8. The maximum Gasteiger partial charge on any atom is 0.431 e. The van der Waals surface area contributed by atoms with Crippen LogP contribution in [0.4, 0.5) is 13.2 Å². The van der Waals surface area contributed by atoms with Crippen molar-refractivity contribution >= 4 is 27.5 Å². The largest absolute Gasteiger partial charge is 0.431 e. The summed E-state index contributed by atoms with van der Waals surface area (Å²) in [6, 6.07) is 21.9. The third-order valence-electron chi connectivity index (χ3n) is 5.05. The fourth-order valence-corrected chi connectivity index (χ4v) is 3.68. The molecule has 0 saturated carbocycles. The summed E-state index contributed by atoms with van der Waals surface area (Å²) in [4.78, 5) is 13.1. The molecule has 4 nitrogen and oxygen atoms in total. The number of benzene rings is 3. The van der Waals surface area contributed by atoms with E-state index < -0.39 is 29.9 Å². The number of hydrogen-bond donors (Lipinski definition) is 1. The highest BCUT2D eigenvalue weighted by atomic mass is 79.9. The molecule has 3 aromatic carbocycles. The van der Waals surface area contributed by atoms with Crippen molar-refractivity contribution in [3.63, 3.8) is 0 Å². The van der Waals surface area contributed by atoms with Gasteiger partial charge in [-0.3, -0.25) is 4.79 Å². The molecule has 3 aromatic rings. The topological polar surface area (TPSA) is 52.9 Å². The van der Waals surface area contributed by atoms with Crippen LogP contribution in [-0.2, 0) is 5.72 Å². The van der Waals surface area contributed by atoms with Gasteiger partial charge in [0.05, 0.1) is 6.42 Å². The van der Waals surface area contributed by atoms with Crippen molar-refractivity contribution < 1.29 is 23.1 Å². The molecule has 4 rings (SSSR count). The number of hydrazone groups is 1. The molecule has 0 fully saturated rings. The summed E-state index contributed by atoms with van der Waals surface area (Å²) in [5.41, 5.74) is -1.43. The van der Waals surface area contributed by atoms with Gasteiger partial charge >= 0.3 is 6.18 Å². The highest BCUT2D eigenvalue weighted by molar-refractivity contribution is 9.10. The van der Waals surface area contributed by atoms with Gasteiger partial charge in [0.25, 0.3) is 5.91 Å². The van der Waals surface area contributed by atoms with Gasteiger partial charge in [-0.1, -0.05) is 70.5 Å². The number of rotatable bonds is 3. The molecule has 8 heteroatoms. The van der Waals surface area contributed by atoms with E-state index in [0.29, 0.717) is 9.48 Å². The van der Waals surface area contributed by atoms with Gasteiger partial charge in [-0.25, -0.2) is 0 Å². The third kappa shape index (κ3) is 4.13. The number of aliphatic hydroxyl groups is 1. The first-order chi connectivity index (χ1) is 14.7. The van der Waals surface area contributed by atoms with Gasteiger partial charge in [0.2, 0.25) is 0 Å². The van der Waals surface area contributed by atoms with Crippen molar-refractivity contribution in [2.45, 2.75) is 18.3 Å². The van der Waals surface area contributed by atoms with Crippen molar-refractivity contribution in [3.8, 4) is 11.1 Å². The molecular weight excluding hydrogens is 473 g/mol. The Labute approximate surface area is 184 Å². The number of nitrogens with zero attached hydrogens (tertiary/aromatic N) is 2. The fraction of sp³-hybridized carbons (Fsp3) is 0.130. The zero-order valence-electron chi connectivity index (χ0n) is 16.0.